The molecule has 162 valence electrons. The third-order valence-corrected chi connectivity index (χ3v) is 6.85. The highest BCUT2D eigenvalue weighted by molar-refractivity contribution is 5.85. The fourth-order valence-electron chi connectivity index (χ4n) is 5.07. The van der Waals surface area contributed by atoms with E-state index in [0.29, 0.717) is 30.8 Å². The van der Waals surface area contributed by atoms with Crippen molar-refractivity contribution in [3.63, 3.8) is 0 Å². The first-order valence-electron chi connectivity index (χ1n) is 11.1. The summed E-state index contributed by atoms with van der Waals surface area (Å²) in [6.45, 7) is 5.04. The number of rotatable bonds is 5. The van der Waals surface area contributed by atoms with Crippen LogP contribution >= 0.6 is 0 Å². The van der Waals surface area contributed by atoms with E-state index < -0.39 is 5.60 Å². The zero-order chi connectivity index (χ0) is 21.3. The van der Waals surface area contributed by atoms with Gasteiger partial charge in [-0.05, 0) is 50.3 Å². The number of hydrogen-bond donors (Lipinski definition) is 1. The van der Waals surface area contributed by atoms with Crippen LogP contribution in [0.4, 0.5) is 0 Å². The number of hydrogen-bond acceptors (Lipinski definition) is 5. The Bertz CT molecular complexity index is 997. The van der Waals surface area contributed by atoms with Crippen molar-refractivity contribution >= 4 is 16.9 Å². The van der Waals surface area contributed by atoms with Gasteiger partial charge in [0.2, 0.25) is 0 Å². The molecule has 1 aromatic heterocycles. The second-order valence-corrected chi connectivity index (χ2v) is 8.83. The lowest BCUT2D eigenvalue weighted by atomic mass is 9.71. The third kappa shape index (κ3) is 3.97. The van der Waals surface area contributed by atoms with Gasteiger partial charge >= 0.3 is 5.63 Å². The van der Waals surface area contributed by atoms with Gasteiger partial charge in [-0.1, -0.05) is 26.2 Å². The number of nitrogens with zero attached hydrogens (tertiary/aromatic N) is 1. The number of amides is 1. The minimum atomic E-state index is -0.599. The first-order valence-corrected chi connectivity index (χ1v) is 11.1. The normalized spacial score (nSPS) is 24.0. The Kier molecular flexibility index (Phi) is 5.87. The number of carbonyl (C=O) groups excluding carboxylic acids is 1. The Labute approximate surface area is 176 Å². The molecule has 0 unspecified atom stereocenters. The van der Waals surface area contributed by atoms with Gasteiger partial charge in [-0.3, -0.25) is 4.79 Å². The first kappa shape index (κ1) is 20.9. The van der Waals surface area contributed by atoms with E-state index in [1.54, 1.807) is 6.07 Å². The van der Waals surface area contributed by atoms with E-state index in [2.05, 4.69) is 6.92 Å². The molecular weight excluding hydrogens is 382 g/mol. The Hall–Kier alpha value is -2.34. The Morgan fingerprint density at radius 3 is 2.97 bits per heavy atom. The summed E-state index contributed by atoms with van der Waals surface area (Å²) in [5.74, 6) is 0.653. The molecule has 6 nitrogen and oxygen atoms in total. The Balaban J connectivity index is 1.46. The maximum Gasteiger partial charge on any atom is 0.336 e. The number of fused-ring (bicyclic) bond motifs is 2. The molecule has 2 atom stereocenters. The Morgan fingerprint density at radius 1 is 1.33 bits per heavy atom. The van der Waals surface area contributed by atoms with Gasteiger partial charge in [-0.25, -0.2) is 4.79 Å². The van der Waals surface area contributed by atoms with E-state index in [4.69, 9.17) is 9.15 Å². The van der Waals surface area contributed by atoms with Crippen molar-refractivity contribution < 1.29 is 19.1 Å². The van der Waals surface area contributed by atoms with E-state index >= 15 is 0 Å². The van der Waals surface area contributed by atoms with Crippen LogP contribution in [0.3, 0.4) is 0 Å². The standard InChI is InChI=1S/C24H31NO5/c1-3-6-17-13-22(27)30-23-16(2)20(9-8-19(17)23)29-15-21(26)25-12-11-24(28)10-5-4-7-18(24)14-25/h8-9,13,18,28H,3-7,10-12,14-15H2,1-2H3/t18-,24+/m0/s1. The average molecular weight is 414 g/mol. The molecule has 1 saturated heterocycles. The van der Waals surface area contributed by atoms with Crippen LogP contribution < -0.4 is 10.4 Å². The number of ether oxygens (including phenoxy) is 1. The van der Waals surface area contributed by atoms with Crippen molar-refractivity contribution in [1.29, 1.82) is 0 Å². The minimum absolute atomic E-state index is 0.0591. The quantitative estimate of drug-likeness (QED) is 0.758. The predicted molar refractivity (Wildman–Crippen MR) is 115 cm³/mol. The number of benzene rings is 1. The summed E-state index contributed by atoms with van der Waals surface area (Å²) in [4.78, 5) is 26.6. The van der Waals surface area contributed by atoms with E-state index in [1.807, 2.05) is 24.0 Å². The molecule has 2 aliphatic rings. The molecule has 1 N–H and O–H groups in total. The van der Waals surface area contributed by atoms with Crippen molar-refractivity contribution in [2.75, 3.05) is 19.7 Å². The van der Waals surface area contributed by atoms with Gasteiger partial charge in [0.05, 0.1) is 5.60 Å². The zero-order valence-corrected chi connectivity index (χ0v) is 17.9. The molecule has 0 bridgehead atoms. The molecule has 2 fully saturated rings. The lowest BCUT2D eigenvalue weighted by Crippen LogP contribution is -2.55. The van der Waals surface area contributed by atoms with Gasteiger partial charge in [0.1, 0.15) is 11.3 Å². The average Bonchev–Trinajstić information content (AvgIpc) is 2.73. The molecule has 30 heavy (non-hydrogen) atoms. The molecule has 1 amide bonds. The van der Waals surface area contributed by atoms with Crippen molar-refractivity contribution in [3.05, 3.63) is 39.7 Å². The summed E-state index contributed by atoms with van der Waals surface area (Å²) < 4.78 is 11.3. The summed E-state index contributed by atoms with van der Waals surface area (Å²) in [6.07, 6.45) is 6.40. The molecule has 4 rings (SSSR count). The topological polar surface area (TPSA) is 80.0 Å². The van der Waals surface area contributed by atoms with Crippen LogP contribution in [0.5, 0.6) is 5.75 Å². The summed E-state index contributed by atoms with van der Waals surface area (Å²) >= 11 is 0. The molecule has 2 heterocycles. The molecule has 0 radical (unpaired) electrons. The van der Waals surface area contributed by atoms with Crippen LogP contribution in [0.1, 0.15) is 56.6 Å². The lowest BCUT2D eigenvalue weighted by molar-refractivity contribution is -0.145. The fourth-order valence-corrected chi connectivity index (χ4v) is 5.07. The maximum absolute atomic E-state index is 12.8. The summed E-state index contributed by atoms with van der Waals surface area (Å²) in [7, 11) is 0. The highest BCUT2D eigenvalue weighted by atomic mass is 16.5. The monoisotopic (exact) mass is 413 g/mol. The summed E-state index contributed by atoms with van der Waals surface area (Å²) in [5, 5.41) is 11.7. The van der Waals surface area contributed by atoms with Crippen LogP contribution in [0, 0.1) is 12.8 Å². The molecule has 1 aliphatic carbocycles. The van der Waals surface area contributed by atoms with Crippen LogP contribution in [-0.2, 0) is 11.2 Å². The largest absolute Gasteiger partial charge is 0.483 e. The van der Waals surface area contributed by atoms with Gasteiger partial charge in [0.25, 0.3) is 5.91 Å². The molecule has 6 heteroatoms. The van der Waals surface area contributed by atoms with Gasteiger partial charge in [0.15, 0.2) is 6.61 Å². The van der Waals surface area contributed by atoms with E-state index in [9.17, 15) is 14.7 Å². The number of aryl methyl sites for hydroxylation is 2. The number of piperidine rings is 1. The highest BCUT2D eigenvalue weighted by Gasteiger charge is 2.43. The van der Waals surface area contributed by atoms with Crippen molar-refractivity contribution in [2.24, 2.45) is 5.92 Å². The summed E-state index contributed by atoms with van der Waals surface area (Å²) in [5.41, 5.74) is 1.27. The van der Waals surface area contributed by atoms with Crippen LogP contribution in [0.25, 0.3) is 11.0 Å². The Morgan fingerprint density at radius 2 is 2.17 bits per heavy atom. The van der Waals surface area contributed by atoms with Gasteiger partial charge in [-0.15, -0.1) is 0 Å². The van der Waals surface area contributed by atoms with Crippen molar-refractivity contribution in [1.82, 2.24) is 4.90 Å². The van der Waals surface area contributed by atoms with Crippen LogP contribution in [0.2, 0.25) is 0 Å². The fraction of sp³-hybridized carbons (Fsp3) is 0.583. The first-order chi connectivity index (χ1) is 14.4. The third-order valence-electron chi connectivity index (χ3n) is 6.85. The second kappa shape index (κ2) is 8.42. The van der Waals surface area contributed by atoms with Crippen molar-refractivity contribution in [3.8, 4) is 5.75 Å². The zero-order valence-electron chi connectivity index (χ0n) is 17.9. The lowest BCUT2D eigenvalue weighted by Gasteiger charge is -2.47. The molecule has 1 saturated carbocycles. The SMILES string of the molecule is CCCc1cc(=O)oc2c(C)c(OCC(=O)N3CC[C@]4(O)CCCC[C@H]4C3)ccc12. The van der Waals surface area contributed by atoms with Crippen molar-refractivity contribution in [2.45, 2.75) is 64.4 Å². The summed E-state index contributed by atoms with van der Waals surface area (Å²) in [6, 6.07) is 5.30. The molecule has 1 aromatic carbocycles. The number of likely N-dealkylation sites (tertiary alicyclic amines) is 1. The van der Waals surface area contributed by atoms with E-state index in [1.165, 1.54) is 0 Å². The molecular formula is C24H31NO5. The number of aliphatic hydroxyl groups is 1. The van der Waals surface area contributed by atoms with Crippen LogP contribution in [-0.4, -0.2) is 41.2 Å². The predicted octanol–water partition coefficient (Wildman–Crippen LogP) is 3.59. The molecule has 2 aromatic rings. The second-order valence-electron chi connectivity index (χ2n) is 8.83. The van der Waals surface area contributed by atoms with Gasteiger partial charge < -0.3 is 19.2 Å². The smallest absolute Gasteiger partial charge is 0.336 e. The maximum atomic E-state index is 12.8. The van der Waals surface area contributed by atoms with E-state index in [0.717, 1.165) is 55.0 Å². The number of carbonyl (C=O) groups is 1. The van der Waals surface area contributed by atoms with Crippen LogP contribution in [0.15, 0.2) is 27.4 Å². The van der Waals surface area contributed by atoms with Gasteiger partial charge in [0, 0.05) is 36.0 Å². The van der Waals surface area contributed by atoms with E-state index in [-0.39, 0.29) is 24.1 Å². The molecule has 1 aliphatic heterocycles. The molecule has 0 spiro atoms. The highest BCUT2D eigenvalue weighted by Crippen LogP contribution is 2.39. The van der Waals surface area contributed by atoms with Gasteiger partial charge in [-0.2, -0.15) is 0 Å². The minimum Gasteiger partial charge on any atom is -0.483 e.